The van der Waals surface area contributed by atoms with E-state index in [9.17, 15) is 8.42 Å². The van der Waals surface area contributed by atoms with Gasteiger partial charge in [-0.3, -0.25) is 10.8 Å². The normalized spacial score (nSPS) is 11.2. The van der Waals surface area contributed by atoms with Crippen LogP contribution in [0.15, 0.2) is 17.2 Å². The molecule has 0 atom stereocenters. The Bertz CT molecular complexity index is 488. The number of rotatable bonds is 2. The first-order chi connectivity index (χ1) is 5.95. The van der Waals surface area contributed by atoms with Gasteiger partial charge in [0.1, 0.15) is 11.8 Å². The molecule has 1 aromatic rings. The third-order valence-corrected chi connectivity index (χ3v) is 2.05. The molecule has 4 N–H and O–H groups in total. The number of aromatic nitrogens is 2. The Labute approximate surface area is 73.9 Å². The number of nitrogens with one attached hydrogen (secondary N) is 2. The van der Waals surface area contributed by atoms with Crippen LogP contribution in [0.3, 0.4) is 0 Å². The third-order valence-electron chi connectivity index (χ3n) is 1.25. The van der Waals surface area contributed by atoms with Gasteiger partial charge in [-0.15, -0.1) is 0 Å². The van der Waals surface area contributed by atoms with E-state index in [1.54, 1.807) is 0 Å². The van der Waals surface area contributed by atoms with E-state index >= 15 is 0 Å². The van der Waals surface area contributed by atoms with Gasteiger partial charge in [0.25, 0.3) is 10.0 Å². The molecule has 0 spiro atoms. The highest BCUT2D eigenvalue weighted by atomic mass is 32.2. The van der Waals surface area contributed by atoms with Crippen LogP contribution < -0.4 is 10.6 Å². The number of primary sulfonamides is 1. The lowest BCUT2D eigenvalue weighted by molar-refractivity contribution is 0.588. The van der Waals surface area contributed by atoms with Crippen LogP contribution in [0.1, 0.15) is 0 Å². The van der Waals surface area contributed by atoms with Crippen molar-refractivity contribution in [2.75, 3.05) is 0 Å². The molecular formula is C5H7N5O2S. The zero-order valence-corrected chi connectivity index (χ0v) is 7.25. The SMILES string of the molecule is N=Cn1nc(S(N)(=O)=O)ccc1=N. The van der Waals surface area contributed by atoms with E-state index in [1.165, 1.54) is 6.07 Å². The Hall–Kier alpha value is -1.54. The highest BCUT2D eigenvalue weighted by Gasteiger charge is 2.09. The molecule has 0 aromatic carbocycles. The Morgan fingerprint density at radius 1 is 1.54 bits per heavy atom. The van der Waals surface area contributed by atoms with Crippen LogP contribution in [-0.2, 0) is 10.0 Å². The quantitative estimate of drug-likeness (QED) is 0.396. The minimum Gasteiger partial charge on any atom is -0.289 e. The number of nitrogens with zero attached hydrogens (tertiary/aromatic N) is 2. The van der Waals surface area contributed by atoms with Crippen molar-refractivity contribution in [3.8, 4) is 0 Å². The maximum atomic E-state index is 10.8. The van der Waals surface area contributed by atoms with Gasteiger partial charge in [0, 0.05) is 0 Å². The van der Waals surface area contributed by atoms with Gasteiger partial charge in [0.2, 0.25) is 0 Å². The van der Waals surface area contributed by atoms with E-state index in [4.69, 9.17) is 16.0 Å². The Morgan fingerprint density at radius 3 is 2.62 bits per heavy atom. The summed E-state index contributed by atoms with van der Waals surface area (Å²) in [7, 11) is -3.87. The minimum atomic E-state index is -3.87. The molecule has 1 rings (SSSR count). The Kier molecular flexibility index (Phi) is 2.26. The van der Waals surface area contributed by atoms with Crippen molar-refractivity contribution >= 4 is 16.4 Å². The van der Waals surface area contributed by atoms with Gasteiger partial charge >= 0.3 is 0 Å². The van der Waals surface area contributed by atoms with Crippen LogP contribution >= 0.6 is 0 Å². The fourth-order valence-corrected chi connectivity index (χ4v) is 1.13. The molecule has 0 aliphatic heterocycles. The lowest BCUT2D eigenvalue weighted by atomic mass is 10.6. The predicted molar refractivity (Wildman–Crippen MR) is 43.6 cm³/mol. The summed E-state index contributed by atoms with van der Waals surface area (Å²) < 4.78 is 22.3. The van der Waals surface area contributed by atoms with Gasteiger partial charge in [0.15, 0.2) is 5.03 Å². The molecule has 0 aliphatic rings. The summed E-state index contributed by atoms with van der Waals surface area (Å²) in [6, 6.07) is 2.30. The molecule has 70 valence electrons. The van der Waals surface area contributed by atoms with E-state index in [1.807, 2.05) is 0 Å². The molecule has 0 amide bonds. The number of hydrogen-bond acceptors (Lipinski definition) is 5. The fourth-order valence-electron chi connectivity index (χ4n) is 0.670. The molecular weight excluding hydrogens is 194 g/mol. The zero-order chi connectivity index (χ0) is 10.1. The molecule has 7 nitrogen and oxygen atoms in total. The van der Waals surface area contributed by atoms with Crippen molar-refractivity contribution < 1.29 is 8.42 Å². The van der Waals surface area contributed by atoms with Crippen molar-refractivity contribution in [1.29, 1.82) is 10.8 Å². The Morgan fingerprint density at radius 2 is 2.15 bits per heavy atom. The average Bonchev–Trinajstić information content (AvgIpc) is 2.03. The van der Waals surface area contributed by atoms with Crippen molar-refractivity contribution in [2.45, 2.75) is 5.03 Å². The first kappa shape index (κ1) is 9.55. The molecule has 0 fully saturated rings. The van der Waals surface area contributed by atoms with Gasteiger partial charge in [-0.1, -0.05) is 0 Å². The van der Waals surface area contributed by atoms with Gasteiger partial charge < -0.3 is 0 Å². The van der Waals surface area contributed by atoms with E-state index in [-0.39, 0.29) is 10.5 Å². The van der Waals surface area contributed by atoms with Crippen molar-refractivity contribution in [3.05, 3.63) is 17.6 Å². The molecule has 0 unspecified atom stereocenters. The van der Waals surface area contributed by atoms with Gasteiger partial charge in [-0.05, 0) is 12.1 Å². The summed E-state index contributed by atoms with van der Waals surface area (Å²) in [5, 5.41) is 21.8. The smallest absolute Gasteiger partial charge is 0.257 e. The first-order valence-corrected chi connectivity index (χ1v) is 4.67. The second-order valence-electron chi connectivity index (χ2n) is 2.18. The number of nitrogens with two attached hydrogens (primary N) is 1. The molecule has 0 saturated carbocycles. The lowest BCUT2D eigenvalue weighted by Crippen LogP contribution is -2.25. The average molecular weight is 201 g/mol. The summed E-state index contributed by atoms with van der Waals surface area (Å²) in [6.45, 7) is 0. The highest BCUT2D eigenvalue weighted by Crippen LogP contribution is 1.96. The predicted octanol–water partition coefficient (Wildman–Crippen LogP) is -1.53. The van der Waals surface area contributed by atoms with Crippen molar-refractivity contribution in [1.82, 2.24) is 9.78 Å². The molecule has 13 heavy (non-hydrogen) atoms. The number of hydrogen-bond donors (Lipinski definition) is 3. The number of sulfonamides is 1. The third kappa shape index (κ3) is 1.98. The van der Waals surface area contributed by atoms with E-state index in [2.05, 4.69) is 5.10 Å². The standard InChI is InChI=1S/C5H7N5O2S/c6-3-10-4(7)1-2-5(9-10)13(8,11)12/h1-3,6-7H,(H2,8,11,12). The maximum Gasteiger partial charge on any atom is 0.257 e. The molecule has 0 radical (unpaired) electrons. The van der Waals surface area contributed by atoms with E-state index < -0.39 is 10.0 Å². The molecule has 0 aliphatic carbocycles. The summed E-state index contributed by atoms with van der Waals surface area (Å²) in [5.41, 5.74) is -0.0950. The van der Waals surface area contributed by atoms with E-state index in [0.29, 0.717) is 0 Å². The molecule has 1 aromatic heterocycles. The van der Waals surface area contributed by atoms with Gasteiger partial charge in [-0.2, -0.15) is 5.10 Å². The summed E-state index contributed by atoms with van der Waals surface area (Å²) in [6.07, 6.45) is 0.719. The van der Waals surface area contributed by atoms with Crippen LogP contribution in [0.25, 0.3) is 0 Å². The fraction of sp³-hybridized carbons (Fsp3) is 0. The molecule has 8 heteroatoms. The monoisotopic (exact) mass is 201 g/mol. The van der Waals surface area contributed by atoms with Crippen LogP contribution in [0.2, 0.25) is 0 Å². The topological polar surface area (TPSA) is 126 Å². The highest BCUT2D eigenvalue weighted by molar-refractivity contribution is 7.89. The summed E-state index contributed by atoms with van der Waals surface area (Å²) in [4.78, 5) is 0. The largest absolute Gasteiger partial charge is 0.289 e. The van der Waals surface area contributed by atoms with Gasteiger partial charge in [-0.25, -0.2) is 18.2 Å². The summed E-state index contributed by atoms with van der Waals surface area (Å²) in [5.74, 6) is 0. The van der Waals surface area contributed by atoms with Crippen LogP contribution in [-0.4, -0.2) is 24.5 Å². The van der Waals surface area contributed by atoms with Crippen LogP contribution in [0, 0.1) is 10.8 Å². The van der Waals surface area contributed by atoms with E-state index in [0.717, 1.165) is 17.1 Å². The second-order valence-corrected chi connectivity index (χ2v) is 3.68. The van der Waals surface area contributed by atoms with Gasteiger partial charge in [0.05, 0.1) is 0 Å². The molecule has 1 heterocycles. The van der Waals surface area contributed by atoms with Crippen molar-refractivity contribution in [2.24, 2.45) is 5.14 Å². The van der Waals surface area contributed by atoms with Crippen LogP contribution in [0.4, 0.5) is 0 Å². The van der Waals surface area contributed by atoms with Crippen molar-refractivity contribution in [3.63, 3.8) is 0 Å². The van der Waals surface area contributed by atoms with Crippen LogP contribution in [0.5, 0.6) is 0 Å². The first-order valence-electron chi connectivity index (χ1n) is 3.13. The Balaban J connectivity index is 3.47. The second kappa shape index (κ2) is 3.07. The molecule has 0 bridgehead atoms. The minimum absolute atomic E-state index is 0.0950. The maximum absolute atomic E-state index is 10.8. The summed E-state index contributed by atoms with van der Waals surface area (Å²) >= 11 is 0. The zero-order valence-electron chi connectivity index (χ0n) is 6.43. The lowest BCUT2D eigenvalue weighted by Gasteiger charge is -1.99. The molecule has 0 saturated heterocycles.